The van der Waals surface area contributed by atoms with Crippen LogP contribution in [-0.2, 0) is 0 Å². The van der Waals surface area contributed by atoms with E-state index in [2.05, 4.69) is 22.1 Å². The van der Waals surface area contributed by atoms with Crippen LogP contribution in [0, 0.1) is 6.92 Å². The maximum atomic E-state index is 12.2. The molecular weight excluding hydrogens is 240 g/mol. The Hall–Kier alpha value is -1.62. The minimum Gasteiger partial charge on any atom is -0.398 e. The van der Waals surface area contributed by atoms with Gasteiger partial charge in [0.05, 0.1) is 5.56 Å². The van der Waals surface area contributed by atoms with Gasteiger partial charge in [-0.1, -0.05) is 6.92 Å². The minimum atomic E-state index is -0.118. The van der Waals surface area contributed by atoms with Crippen molar-refractivity contribution in [3.8, 4) is 0 Å². The van der Waals surface area contributed by atoms with E-state index in [0.29, 0.717) is 11.3 Å². The molecule has 1 unspecified atom stereocenters. The first kappa shape index (κ1) is 13.8. The number of likely N-dealkylation sites (tertiary alicyclic amines) is 1. The molecule has 0 bridgehead atoms. The van der Waals surface area contributed by atoms with Crippen LogP contribution in [0.15, 0.2) is 12.3 Å². The fourth-order valence-electron chi connectivity index (χ4n) is 2.49. The van der Waals surface area contributed by atoms with E-state index in [0.717, 1.165) is 38.2 Å². The lowest BCUT2D eigenvalue weighted by Crippen LogP contribution is -2.47. The standard InChI is InChI=1S/C14H22N4O/c1-3-18-6-4-5-11(9-18)17-14(19)12-8-16-10(2)7-13(12)15/h7-8,11H,3-6,9H2,1-2H3,(H2,15,16)(H,17,19). The Bertz CT molecular complexity index is 461. The summed E-state index contributed by atoms with van der Waals surface area (Å²) in [4.78, 5) is 18.7. The van der Waals surface area contributed by atoms with Gasteiger partial charge in [-0.05, 0) is 38.9 Å². The number of carbonyl (C=O) groups excluding carboxylic acids is 1. The van der Waals surface area contributed by atoms with Gasteiger partial charge in [0.15, 0.2) is 0 Å². The van der Waals surface area contributed by atoms with Gasteiger partial charge in [-0.25, -0.2) is 0 Å². The molecule has 5 nitrogen and oxygen atoms in total. The molecule has 19 heavy (non-hydrogen) atoms. The Morgan fingerprint density at radius 1 is 1.63 bits per heavy atom. The molecule has 1 amide bonds. The van der Waals surface area contributed by atoms with Gasteiger partial charge in [0, 0.05) is 30.2 Å². The average Bonchev–Trinajstić information content (AvgIpc) is 2.38. The summed E-state index contributed by atoms with van der Waals surface area (Å²) in [7, 11) is 0. The molecule has 0 aliphatic carbocycles. The van der Waals surface area contributed by atoms with E-state index in [1.807, 2.05) is 6.92 Å². The number of aromatic nitrogens is 1. The van der Waals surface area contributed by atoms with Gasteiger partial charge in [0.25, 0.3) is 5.91 Å². The first-order chi connectivity index (χ1) is 9.10. The molecule has 0 aromatic carbocycles. The lowest BCUT2D eigenvalue weighted by Gasteiger charge is -2.32. The maximum absolute atomic E-state index is 12.2. The minimum absolute atomic E-state index is 0.118. The Labute approximate surface area is 114 Å². The van der Waals surface area contributed by atoms with Crippen LogP contribution in [0.5, 0.6) is 0 Å². The molecule has 0 spiro atoms. The third-order valence-corrected chi connectivity index (χ3v) is 3.61. The van der Waals surface area contributed by atoms with Crippen molar-refractivity contribution in [2.75, 3.05) is 25.4 Å². The Morgan fingerprint density at radius 3 is 3.11 bits per heavy atom. The van der Waals surface area contributed by atoms with Crippen LogP contribution in [0.2, 0.25) is 0 Å². The molecular formula is C14H22N4O. The van der Waals surface area contributed by atoms with E-state index in [4.69, 9.17) is 5.73 Å². The largest absolute Gasteiger partial charge is 0.398 e. The second-order valence-electron chi connectivity index (χ2n) is 5.12. The molecule has 5 heteroatoms. The summed E-state index contributed by atoms with van der Waals surface area (Å²) in [6, 6.07) is 1.94. The first-order valence-electron chi connectivity index (χ1n) is 6.85. The summed E-state index contributed by atoms with van der Waals surface area (Å²) in [6.07, 6.45) is 3.71. The van der Waals surface area contributed by atoms with Gasteiger partial charge in [0.1, 0.15) is 0 Å². The van der Waals surface area contributed by atoms with Crippen molar-refractivity contribution in [3.63, 3.8) is 0 Å². The molecule has 0 radical (unpaired) electrons. The molecule has 1 aromatic heterocycles. The van der Waals surface area contributed by atoms with E-state index >= 15 is 0 Å². The SMILES string of the molecule is CCN1CCCC(NC(=O)c2cnc(C)cc2N)C1. The number of pyridine rings is 1. The van der Waals surface area contributed by atoms with Crippen LogP contribution in [-0.4, -0.2) is 41.5 Å². The molecule has 1 aliphatic rings. The molecule has 1 atom stereocenters. The maximum Gasteiger partial charge on any atom is 0.255 e. The number of amides is 1. The highest BCUT2D eigenvalue weighted by Gasteiger charge is 2.21. The molecule has 1 aliphatic heterocycles. The summed E-state index contributed by atoms with van der Waals surface area (Å²) < 4.78 is 0. The van der Waals surface area contributed by atoms with E-state index in [-0.39, 0.29) is 11.9 Å². The lowest BCUT2D eigenvalue weighted by molar-refractivity contribution is 0.0906. The number of hydrogen-bond acceptors (Lipinski definition) is 4. The summed E-state index contributed by atoms with van der Waals surface area (Å²) in [6.45, 7) is 7.07. The number of likely N-dealkylation sites (N-methyl/N-ethyl adjacent to an activating group) is 1. The van der Waals surface area contributed by atoms with Crippen molar-refractivity contribution in [3.05, 3.63) is 23.5 Å². The molecule has 1 fully saturated rings. The number of hydrogen-bond donors (Lipinski definition) is 2. The van der Waals surface area contributed by atoms with Crippen molar-refractivity contribution >= 4 is 11.6 Å². The fourth-order valence-corrected chi connectivity index (χ4v) is 2.49. The van der Waals surface area contributed by atoms with Crippen molar-refractivity contribution < 1.29 is 4.79 Å². The molecule has 2 heterocycles. The lowest BCUT2D eigenvalue weighted by atomic mass is 10.1. The van der Waals surface area contributed by atoms with E-state index in [1.54, 1.807) is 12.3 Å². The highest BCUT2D eigenvalue weighted by Crippen LogP contribution is 2.14. The zero-order valence-electron chi connectivity index (χ0n) is 11.6. The number of nitrogens with zero attached hydrogens (tertiary/aromatic N) is 2. The number of nitrogens with two attached hydrogens (primary N) is 1. The second kappa shape index (κ2) is 6.02. The van der Waals surface area contributed by atoms with Crippen LogP contribution in [0.4, 0.5) is 5.69 Å². The van der Waals surface area contributed by atoms with E-state index in [9.17, 15) is 4.79 Å². The van der Waals surface area contributed by atoms with E-state index in [1.165, 1.54) is 0 Å². The summed E-state index contributed by atoms with van der Waals surface area (Å²) in [5, 5.41) is 3.06. The molecule has 1 aromatic rings. The van der Waals surface area contributed by atoms with Crippen molar-refractivity contribution in [2.45, 2.75) is 32.7 Å². The number of carbonyl (C=O) groups is 1. The monoisotopic (exact) mass is 262 g/mol. The number of piperidine rings is 1. The zero-order valence-corrected chi connectivity index (χ0v) is 11.6. The topological polar surface area (TPSA) is 71.2 Å². The molecule has 104 valence electrons. The molecule has 2 rings (SSSR count). The van der Waals surface area contributed by atoms with Crippen LogP contribution in [0.1, 0.15) is 35.8 Å². The highest BCUT2D eigenvalue weighted by atomic mass is 16.1. The van der Waals surface area contributed by atoms with Crippen LogP contribution < -0.4 is 11.1 Å². The normalized spacial score (nSPS) is 20.2. The van der Waals surface area contributed by atoms with Gasteiger partial charge in [-0.3, -0.25) is 9.78 Å². The number of aryl methyl sites for hydroxylation is 1. The average molecular weight is 262 g/mol. The third-order valence-electron chi connectivity index (χ3n) is 3.61. The van der Waals surface area contributed by atoms with Gasteiger partial charge in [-0.15, -0.1) is 0 Å². The molecule has 0 saturated carbocycles. The first-order valence-corrected chi connectivity index (χ1v) is 6.85. The van der Waals surface area contributed by atoms with Crippen LogP contribution in [0.3, 0.4) is 0 Å². The smallest absolute Gasteiger partial charge is 0.255 e. The van der Waals surface area contributed by atoms with E-state index < -0.39 is 0 Å². The van der Waals surface area contributed by atoms with Gasteiger partial charge in [0.2, 0.25) is 0 Å². The number of rotatable bonds is 3. The zero-order chi connectivity index (χ0) is 13.8. The van der Waals surface area contributed by atoms with Gasteiger partial charge in [-0.2, -0.15) is 0 Å². The van der Waals surface area contributed by atoms with Crippen molar-refractivity contribution in [2.24, 2.45) is 0 Å². The fraction of sp³-hybridized carbons (Fsp3) is 0.571. The quantitative estimate of drug-likeness (QED) is 0.858. The number of nitrogen functional groups attached to an aromatic ring is 1. The van der Waals surface area contributed by atoms with Crippen molar-refractivity contribution in [1.82, 2.24) is 15.2 Å². The predicted molar refractivity (Wildman–Crippen MR) is 76.0 cm³/mol. The van der Waals surface area contributed by atoms with Gasteiger partial charge >= 0.3 is 0 Å². The van der Waals surface area contributed by atoms with Crippen LogP contribution in [0.25, 0.3) is 0 Å². The van der Waals surface area contributed by atoms with Gasteiger partial charge < -0.3 is 16.0 Å². The molecule has 1 saturated heterocycles. The summed E-state index contributed by atoms with van der Waals surface area (Å²) >= 11 is 0. The summed E-state index contributed by atoms with van der Waals surface area (Å²) in [5.41, 5.74) is 7.66. The molecule has 3 N–H and O–H groups in total. The summed E-state index contributed by atoms with van der Waals surface area (Å²) in [5.74, 6) is -0.118. The Balaban J connectivity index is 2.00. The van der Waals surface area contributed by atoms with Crippen molar-refractivity contribution in [1.29, 1.82) is 0 Å². The highest BCUT2D eigenvalue weighted by molar-refractivity contribution is 5.99. The third kappa shape index (κ3) is 3.44. The second-order valence-corrected chi connectivity index (χ2v) is 5.12. The predicted octanol–water partition coefficient (Wildman–Crippen LogP) is 1.19. The Kier molecular flexibility index (Phi) is 4.37. The number of nitrogens with one attached hydrogen (secondary N) is 1. The number of anilines is 1. The van der Waals surface area contributed by atoms with Crippen LogP contribution >= 0.6 is 0 Å². The Morgan fingerprint density at radius 2 is 2.42 bits per heavy atom.